The summed E-state index contributed by atoms with van der Waals surface area (Å²) in [6.07, 6.45) is 3.49. The number of benzene rings is 1. The fourth-order valence-electron chi connectivity index (χ4n) is 5.63. The van der Waals surface area contributed by atoms with Crippen LogP contribution in [0.15, 0.2) is 35.3 Å². The molecular weight excluding hydrogens is 376 g/mol. The smallest absolute Gasteiger partial charge is 0.191 e. The molecule has 0 bridgehead atoms. The second-order valence-corrected chi connectivity index (χ2v) is 9.78. The van der Waals surface area contributed by atoms with Crippen molar-refractivity contribution in [1.29, 1.82) is 0 Å². The van der Waals surface area contributed by atoms with Gasteiger partial charge >= 0.3 is 0 Å². The van der Waals surface area contributed by atoms with Crippen LogP contribution in [0.5, 0.6) is 0 Å². The van der Waals surface area contributed by atoms with Crippen LogP contribution in [0.3, 0.4) is 0 Å². The molecule has 2 saturated heterocycles. The maximum absolute atomic E-state index is 5.95. The minimum absolute atomic E-state index is 0.0146. The average Bonchev–Trinajstić information content (AvgIpc) is 3.22. The van der Waals surface area contributed by atoms with Gasteiger partial charge < -0.3 is 25.4 Å². The standard InChI is InChI=1S/C24H38N4O2/c1-17(18-8-6-5-7-9-18)28-24(11-14-29-15-12-24)16-26-22(25-4)27-20-19-10-13-30-21(19)23(20,2)3/h5-9,17,19-21,28H,10-16H2,1-4H3,(H2,25,26,27). The van der Waals surface area contributed by atoms with Gasteiger partial charge in [0.2, 0.25) is 0 Å². The van der Waals surface area contributed by atoms with E-state index in [0.29, 0.717) is 18.1 Å². The highest BCUT2D eigenvalue weighted by atomic mass is 16.5. The summed E-state index contributed by atoms with van der Waals surface area (Å²) in [7, 11) is 1.86. The number of guanidine groups is 1. The number of nitrogens with one attached hydrogen (secondary N) is 3. The summed E-state index contributed by atoms with van der Waals surface area (Å²) >= 11 is 0. The van der Waals surface area contributed by atoms with E-state index in [4.69, 9.17) is 9.47 Å². The van der Waals surface area contributed by atoms with Crippen LogP contribution in [0, 0.1) is 11.3 Å². The van der Waals surface area contributed by atoms with Crippen LogP contribution in [0.25, 0.3) is 0 Å². The molecule has 2 heterocycles. The zero-order valence-electron chi connectivity index (χ0n) is 18.9. The van der Waals surface area contributed by atoms with Gasteiger partial charge in [0.25, 0.3) is 0 Å². The lowest BCUT2D eigenvalue weighted by Gasteiger charge is -2.55. The van der Waals surface area contributed by atoms with Crippen molar-refractivity contribution in [2.75, 3.05) is 33.4 Å². The lowest BCUT2D eigenvalue weighted by Crippen LogP contribution is -2.68. The van der Waals surface area contributed by atoms with Crippen molar-refractivity contribution in [3.8, 4) is 0 Å². The van der Waals surface area contributed by atoms with Gasteiger partial charge in [-0.15, -0.1) is 0 Å². The highest BCUT2D eigenvalue weighted by molar-refractivity contribution is 5.80. The molecule has 30 heavy (non-hydrogen) atoms. The van der Waals surface area contributed by atoms with E-state index in [1.807, 2.05) is 7.05 Å². The van der Waals surface area contributed by atoms with Gasteiger partial charge in [-0.25, -0.2) is 0 Å². The summed E-state index contributed by atoms with van der Waals surface area (Å²) in [6.45, 7) is 10.1. The number of nitrogens with zero attached hydrogens (tertiary/aromatic N) is 1. The predicted molar refractivity (Wildman–Crippen MR) is 121 cm³/mol. The van der Waals surface area contributed by atoms with Gasteiger partial charge in [-0.1, -0.05) is 44.2 Å². The van der Waals surface area contributed by atoms with Crippen molar-refractivity contribution in [3.05, 3.63) is 35.9 Å². The molecule has 3 N–H and O–H groups in total. The second kappa shape index (κ2) is 8.85. The van der Waals surface area contributed by atoms with Crippen molar-refractivity contribution in [2.24, 2.45) is 16.3 Å². The molecule has 4 rings (SSSR count). The fraction of sp³-hybridized carbons (Fsp3) is 0.708. The molecule has 0 amide bonds. The van der Waals surface area contributed by atoms with E-state index in [9.17, 15) is 0 Å². The van der Waals surface area contributed by atoms with Gasteiger partial charge in [-0.05, 0) is 31.7 Å². The van der Waals surface area contributed by atoms with Gasteiger partial charge in [-0.2, -0.15) is 0 Å². The third-order valence-corrected chi connectivity index (χ3v) is 7.48. The van der Waals surface area contributed by atoms with Crippen molar-refractivity contribution in [2.45, 2.75) is 63.8 Å². The van der Waals surface area contributed by atoms with Crippen LogP contribution in [-0.4, -0.2) is 57.1 Å². The summed E-state index contributed by atoms with van der Waals surface area (Å²) in [5.74, 6) is 1.48. The summed E-state index contributed by atoms with van der Waals surface area (Å²) in [4.78, 5) is 4.54. The SMILES string of the molecule is CN=C(NCC1(NC(C)c2ccccc2)CCOCC1)NC1C2CCOC2C1(C)C. The maximum Gasteiger partial charge on any atom is 0.191 e. The number of hydrogen-bond acceptors (Lipinski definition) is 4. The number of aliphatic imine (C=N–C) groups is 1. The molecule has 0 aromatic heterocycles. The molecule has 0 spiro atoms. The van der Waals surface area contributed by atoms with Crippen LogP contribution in [0.2, 0.25) is 0 Å². The van der Waals surface area contributed by atoms with Gasteiger partial charge in [0, 0.05) is 62.4 Å². The van der Waals surface area contributed by atoms with Gasteiger partial charge in [0.1, 0.15) is 0 Å². The van der Waals surface area contributed by atoms with Crippen molar-refractivity contribution in [3.63, 3.8) is 0 Å². The molecule has 1 saturated carbocycles. The Balaban J connectivity index is 1.39. The summed E-state index contributed by atoms with van der Waals surface area (Å²) < 4.78 is 11.6. The largest absolute Gasteiger partial charge is 0.381 e. The molecular formula is C24H38N4O2. The topological polar surface area (TPSA) is 66.9 Å². The zero-order chi connectivity index (χ0) is 21.2. The van der Waals surface area contributed by atoms with Crippen LogP contribution in [0.4, 0.5) is 0 Å². The van der Waals surface area contributed by atoms with Gasteiger partial charge in [0.15, 0.2) is 5.96 Å². The van der Waals surface area contributed by atoms with Crippen LogP contribution >= 0.6 is 0 Å². The third-order valence-electron chi connectivity index (χ3n) is 7.48. The summed E-state index contributed by atoms with van der Waals surface area (Å²) in [5.41, 5.74) is 1.43. The first-order valence-electron chi connectivity index (χ1n) is 11.4. The molecule has 3 fully saturated rings. The third kappa shape index (κ3) is 4.23. The Morgan fingerprint density at radius 3 is 2.60 bits per heavy atom. The number of fused-ring (bicyclic) bond motifs is 1. The van der Waals surface area contributed by atoms with Crippen LogP contribution < -0.4 is 16.0 Å². The quantitative estimate of drug-likeness (QED) is 0.493. The molecule has 1 aliphatic carbocycles. The normalized spacial score (nSPS) is 30.8. The van der Waals surface area contributed by atoms with Crippen molar-refractivity contribution < 1.29 is 9.47 Å². The molecule has 4 atom stereocenters. The van der Waals surface area contributed by atoms with E-state index >= 15 is 0 Å². The van der Waals surface area contributed by atoms with Gasteiger partial charge in [0.05, 0.1) is 6.10 Å². The summed E-state index contributed by atoms with van der Waals surface area (Å²) in [6, 6.07) is 11.3. The maximum atomic E-state index is 5.95. The molecule has 1 aromatic rings. The Morgan fingerprint density at radius 2 is 1.90 bits per heavy atom. The van der Waals surface area contributed by atoms with E-state index < -0.39 is 0 Å². The Labute approximate surface area is 181 Å². The Bertz CT molecular complexity index is 730. The van der Waals surface area contributed by atoms with E-state index in [1.54, 1.807) is 0 Å². The number of ether oxygens (including phenoxy) is 2. The minimum atomic E-state index is -0.0146. The first-order chi connectivity index (χ1) is 14.5. The molecule has 166 valence electrons. The van der Waals surface area contributed by atoms with E-state index in [-0.39, 0.29) is 17.0 Å². The molecule has 2 aliphatic heterocycles. The predicted octanol–water partition coefficient (Wildman–Crippen LogP) is 2.86. The number of hydrogen-bond donors (Lipinski definition) is 3. The first kappa shape index (κ1) is 21.6. The zero-order valence-corrected chi connectivity index (χ0v) is 18.9. The molecule has 6 nitrogen and oxygen atoms in total. The molecule has 3 aliphatic rings. The fourth-order valence-corrected chi connectivity index (χ4v) is 5.63. The summed E-state index contributed by atoms with van der Waals surface area (Å²) in [5, 5.41) is 11.3. The van der Waals surface area contributed by atoms with E-state index in [1.165, 1.54) is 5.56 Å². The average molecular weight is 415 g/mol. The Hall–Kier alpha value is -1.63. The molecule has 0 radical (unpaired) electrons. The van der Waals surface area contributed by atoms with E-state index in [2.05, 4.69) is 72.0 Å². The first-order valence-corrected chi connectivity index (χ1v) is 11.4. The Morgan fingerprint density at radius 1 is 1.17 bits per heavy atom. The van der Waals surface area contributed by atoms with Crippen molar-refractivity contribution in [1.82, 2.24) is 16.0 Å². The highest BCUT2D eigenvalue weighted by Crippen LogP contribution is 2.52. The lowest BCUT2D eigenvalue weighted by molar-refractivity contribution is -0.106. The van der Waals surface area contributed by atoms with Crippen LogP contribution in [0.1, 0.15) is 51.6 Å². The Kier molecular flexibility index (Phi) is 6.37. The molecule has 6 heteroatoms. The minimum Gasteiger partial charge on any atom is -0.381 e. The lowest BCUT2D eigenvalue weighted by atomic mass is 9.57. The molecule has 1 aromatic carbocycles. The van der Waals surface area contributed by atoms with Crippen molar-refractivity contribution >= 4 is 5.96 Å². The van der Waals surface area contributed by atoms with Crippen LogP contribution in [-0.2, 0) is 9.47 Å². The second-order valence-electron chi connectivity index (χ2n) is 9.78. The number of rotatable bonds is 6. The molecule has 4 unspecified atom stereocenters. The highest BCUT2D eigenvalue weighted by Gasteiger charge is 2.59. The monoisotopic (exact) mass is 414 g/mol. The van der Waals surface area contributed by atoms with E-state index in [0.717, 1.165) is 51.6 Å². The van der Waals surface area contributed by atoms with Gasteiger partial charge in [-0.3, -0.25) is 4.99 Å².